The molecular weight excluding hydrogens is 360 g/mol. The van der Waals surface area contributed by atoms with Gasteiger partial charge in [0.05, 0.1) is 11.8 Å². The minimum atomic E-state index is -0.765. The minimum Gasteiger partial charge on any atom is -0.454 e. The van der Waals surface area contributed by atoms with E-state index in [1.54, 1.807) is 0 Å². The number of hydrogen-bond donors (Lipinski definition) is 1. The number of allylic oxidation sites excluding steroid dienone is 2. The van der Waals surface area contributed by atoms with Crippen molar-refractivity contribution >= 4 is 29.4 Å². The van der Waals surface area contributed by atoms with E-state index in [4.69, 9.17) is 4.74 Å². The van der Waals surface area contributed by atoms with E-state index in [1.807, 2.05) is 44.2 Å². The molecule has 28 heavy (non-hydrogen) atoms. The van der Waals surface area contributed by atoms with Crippen LogP contribution in [-0.2, 0) is 23.9 Å². The molecule has 1 saturated heterocycles. The number of rotatable bonds is 5. The van der Waals surface area contributed by atoms with E-state index in [1.165, 1.54) is 0 Å². The van der Waals surface area contributed by atoms with Crippen molar-refractivity contribution in [1.29, 1.82) is 0 Å². The number of likely N-dealkylation sites (tertiary alicyclic amines) is 1. The second-order valence-corrected chi connectivity index (χ2v) is 7.74. The van der Waals surface area contributed by atoms with Gasteiger partial charge in [0.25, 0.3) is 5.91 Å². The standard InChI is InChI=1S/C21H22N2O5/c1-11-4-3-5-12(2)19(11)22-15(24)10-28-16(25)9-23-20(26)17-13-6-7-14(8-13)18(17)21(23)27/h3-7,13-14,17-18H,8-10H2,1-2H3,(H,22,24)/t13-,14-,17-,18+/m0/s1. The van der Waals surface area contributed by atoms with E-state index in [0.29, 0.717) is 5.69 Å². The molecule has 1 saturated carbocycles. The van der Waals surface area contributed by atoms with Gasteiger partial charge in [-0.15, -0.1) is 0 Å². The first-order chi connectivity index (χ1) is 13.4. The first kappa shape index (κ1) is 18.4. The zero-order chi connectivity index (χ0) is 20.0. The van der Waals surface area contributed by atoms with Gasteiger partial charge in [-0.05, 0) is 43.2 Å². The highest BCUT2D eigenvalue weighted by atomic mass is 16.5. The van der Waals surface area contributed by atoms with E-state index in [9.17, 15) is 19.2 Å². The number of imide groups is 1. The van der Waals surface area contributed by atoms with Gasteiger partial charge in [0.2, 0.25) is 11.8 Å². The highest BCUT2D eigenvalue weighted by Crippen LogP contribution is 2.52. The lowest BCUT2D eigenvalue weighted by Crippen LogP contribution is -2.38. The van der Waals surface area contributed by atoms with Crippen LogP contribution in [0.25, 0.3) is 0 Å². The summed E-state index contributed by atoms with van der Waals surface area (Å²) in [7, 11) is 0. The fraction of sp³-hybridized carbons (Fsp3) is 0.429. The number of aryl methyl sites for hydroxylation is 2. The average Bonchev–Trinajstić information content (AvgIpc) is 3.33. The van der Waals surface area contributed by atoms with Crippen LogP contribution < -0.4 is 5.32 Å². The zero-order valence-corrected chi connectivity index (χ0v) is 15.8. The molecule has 0 aromatic heterocycles. The maximum absolute atomic E-state index is 12.6. The maximum atomic E-state index is 12.6. The quantitative estimate of drug-likeness (QED) is 0.474. The molecule has 2 fully saturated rings. The Morgan fingerprint density at radius 3 is 2.21 bits per heavy atom. The largest absolute Gasteiger partial charge is 0.454 e. The van der Waals surface area contributed by atoms with Crippen LogP contribution in [0, 0.1) is 37.5 Å². The van der Waals surface area contributed by atoms with Gasteiger partial charge in [0.1, 0.15) is 6.54 Å². The molecule has 2 aliphatic carbocycles. The fourth-order valence-corrected chi connectivity index (χ4v) is 4.63. The number of amides is 3. The molecule has 1 heterocycles. The van der Waals surface area contributed by atoms with Crippen LogP contribution in [0.4, 0.5) is 5.69 Å². The molecule has 4 atom stereocenters. The molecule has 2 bridgehead atoms. The number of fused-ring (bicyclic) bond motifs is 5. The van der Waals surface area contributed by atoms with Crippen LogP contribution in [0.15, 0.2) is 30.4 Å². The van der Waals surface area contributed by atoms with Gasteiger partial charge in [0.15, 0.2) is 6.61 Å². The van der Waals surface area contributed by atoms with Gasteiger partial charge >= 0.3 is 5.97 Å². The molecule has 1 aromatic rings. The van der Waals surface area contributed by atoms with Crippen molar-refractivity contribution in [2.45, 2.75) is 20.3 Å². The monoisotopic (exact) mass is 382 g/mol. The Morgan fingerprint density at radius 1 is 1.07 bits per heavy atom. The first-order valence-corrected chi connectivity index (χ1v) is 9.42. The molecule has 7 nitrogen and oxygen atoms in total. The second-order valence-electron chi connectivity index (χ2n) is 7.74. The number of hydrogen-bond acceptors (Lipinski definition) is 5. The summed E-state index contributed by atoms with van der Waals surface area (Å²) in [4.78, 5) is 50.3. The number of anilines is 1. The topological polar surface area (TPSA) is 92.8 Å². The molecule has 4 rings (SSSR count). The molecule has 7 heteroatoms. The van der Waals surface area contributed by atoms with Crippen molar-refractivity contribution in [1.82, 2.24) is 4.90 Å². The lowest BCUT2D eigenvalue weighted by atomic mass is 9.85. The molecule has 146 valence electrons. The average molecular weight is 382 g/mol. The summed E-state index contributed by atoms with van der Waals surface area (Å²) in [6.45, 7) is 2.83. The maximum Gasteiger partial charge on any atom is 0.326 e. The Bertz CT molecular complexity index is 856. The number of carbonyl (C=O) groups is 4. The molecule has 0 radical (unpaired) electrons. The summed E-state index contributed by atoms with van der Waals surface area (Å²) < 4.78 is 4.99. The van der Waals surface area contributed by atoms with Crippen LogP contribution >= 0.6 is 0 Å². The Balaban J connectivity index is 1.31. The van der Waals surface area contributed by atoms with Crippen molar-refractivity contribution in [3.8, 4) is 0 Å². The Labute approximate surface area is 162 Å². The van der Waals surface area contributed by atoms with Crippen LogP contribution in [0.3, 0.4) is 0 Å². The van der Waals surface area contributed by atoms with E-state index >= 15 is 0 Å². The summed E-state index contributed by atoms with van der Waals surface area (Å²) in [6, 6.07) is 5.64. The van der Waals surface area contributed by atoms with Gasteiger partial charge < -0.3 is 10.1 Å². The molecule has 1 aromatic carbocycles. The van der Waals surface area contributed by atoms with E-state index in [0.717, 1.165) is 22.4 Å². The van der Waals surface area contributed by atoms with E-state index in [2.05, 4.69) is 5.32 Å². The van der Waals surface area contributed by atoms with Crippen molar-refractivity contribution in [3.05, 3.63) is 41.5 Å². The van der Waals surface area contributed by atoms with Crippen molar-refractivity contribution < 1.29 is 23.9 Å². The third kappa shape index (κ3) is 3.00. The number of esters is 1. The highest BCUT2D eigenvalue weighted by molar-refractivity contribution is 6.08. The van der Waals surface area contributed by atoms with Crippen LogP contribution in [0.5, 0.6) is 0 Å². The summed E-state index contributed by atoms with van der Waals surface area (Å²) in [5.74, 6) is -2.34. The summed E-state index contributed by atoms with van der Waals surface area (Å²) >= 11 is 0. The van der Waals surface area contributed by atoms with Crippen LogP contribution in [0.1, 0.15) is 17.5 Å². The smallest absolute Gasteiger partial charge is 0.326 e. The van der Waals surface area contributed by atoms with E-state index in [-0.39, 0.29) is 35.5 Å². The predicted octanol–water partition coefficient (Wildman–Crippen LogP) is 1.59. The van der Waals surface area contributed by atoms with Gasteiger partial charge in [-0.3, -0.25) is 24.1 Å². The number of ether oxygens (including phenoxy) is 1. The van der Waals surface area contributed by atoms with Crippen molar-refractivity contribution in [2.75, 3.05) is 18.5 Å². The first-order valence-electron chi connectivity index (χ1n) is 9.42. The summed E-state index contributed by atoms with van der Waals surface area (Å²) in [5.41, 5.74) is 2.50. The fourth-order valence-electron chi connectivity index (χ4n) is 4.63. The number of nitrogens with one attached hydrogen (secondary N) is 1. The normalized spacial score (nSPS) is 27.3. The second kappa shape index (κ2) is 6.89. The van der Waals surface area contributed by atoms with Crippen LogP contribution in [0.2, 0.25) is 0 Å². The van der Waals surface area contributed by atoms with Crippen molar-refractivity contribution in [2.24, 2.45) is 23.7 Å². The third-order valence-corrected chi connectivity index (χ3v) is 5.96. The number of carbonyl (C=O) groups excluding carboxylic acids is 4. The molecule has 0 spiro atoms. The molecule has 1 aliphatic heterocycles. The zero-order valence-electron chi connectivity index (χ0n) is 15.8. The SMILES string of the molecule is Cc1cccc(C)c1NC(=O)COC(=O)CN1C(=O)[C@@H]2[C@H](C1=O)[C@H]1C=C[C@H]2C1. The summed E-state index contributed by atoms with van der Waals surface area (Å²) in [5, 5.41) is 2.73. The lowest BCUT2D eigenvalue weighted by molar-refractivity contribution is -0.154. The Morgan fingerprint density at radius 2 is 1.64 bits per heavy atom. The molecule has 0 unspecified atom stereocenters. The van der Waals surface area contributed by atoms with Crippen molar-refractivity contribution in [3.63, 3.8) is 0 Å². The van der Waals surface area contributed by atoms with Gasteiger partial charge in [-0.2, -0.15) is 0 Å². The van der Waals surface area contributed by atoms with Gasteiger partial charge in [-0.25, -0.2) is 0 Å². The van der Waals surface area contributed by atoms with E-state index < -0.39 is 25.0 Å². The van der Waals surface area contributed by atoms with Crippen LogP contribution in [-0.4, -0.2) is 41.7 Å². The predicted molar refractivity (Wildman–Crippen MR) is 99.9 cm³/mol. The van der Waals surface area contributed by atoms with Gasteiger partial charge in [-0.1, -0.05) is 30.4 Å². The summed E-state index contributed by atoms with van der Waals surface area (Å²) in [6.07, 6.45) is 4.83. The number of nitrogens with zero attached hydrogens (tertiary/aromatic N) is 1. The molecule has 1 N–H and O–H groups in total. The molecule has 3 amide bonds. The highest BCUT2D eigenvalue weighted by Gasteiger charge is 2.59. The number of benzene rings is 1. The Hall–Kier alpha value is -2.96. The number of para-hydroxylation sites is 1. The van der Waals surface area contributed by atoms with Gasteiger partial charge in [0, 0.05) is 5.69 Å². The molecule has 3 aliphatic rings. The third-order valence-electron chi connectivity index (χ3n) is 5.96. The molecular formula is C21H22N2O5. The Kier molecular flexibility index (Phi) is 4.53. The minimum absolute atomic E-state index is 0.0931. The lowest BCUT2D eigenvalue weighted by Gasteiger charge is -2.16.